The number of hydrogen-bond donors (Lipinski definition) is 3. The van der Waals surface area contributed by atoms with Crippen LogP contribution in [-0.4, -0.2) is 96.7 Å². The zero-order valence-electron chi connectivity index (χ0n) is 67.6. The van der Waals surface area contributed by atoms with E-state index in [0.29, 0.717) is 25.7 Å². The van der Waals surface area contributed by atoms with Crippen molar-refractivity contribution in [1.29, 1.82) is 0 Å². The van der Waals surface area contributed by atoms with Gasteiger partial charge in [0, 0.05) is 25.7 Å². The summed E-state index contributed by atoms with van der Waals surface area (Å²) in [6.45, 7) is 9.68. The molecule has 103 heavy (non-hydrogen) atoms. The molecule has 17 nitrogen and oxygen atoms in total. The highest BCUT2D eigenvalue weighted by Gasteiger charge is 2.30. The monoisotopic (exact) mass is 1510 g/mol. The number of carbonyl (C=O) groups is 4. The van der Waals surface area contributed by atoms with Crippen molar-refractivity contribution in [1.82, 2.24) is 0 Å². The standard InChI is InChI=1S/C84H164O17P2/c1-7-9-11-13-15-17-19-20-21-22-23-24-25-26-27-30-38-44-50-56-62-68-83(88)100-80(73-95-82(87)67-61-55-49-43-37-31-28-29-35-40-46-52-58-64-76(3)4)75-99-103(92,93)97-71-78(85)70-96-102(90,91)98-74-79(72-94-81(86)66-60-54-48-42-34-18-16-14-12-10-8-2)101-84(89)69-63-57-51-45-39-33-32-36-41-47-53-59-65-77(5)6/h76-80,85H,7-75H2,1-6H3,(H,90,91)(H,92,93)/t78-,79+,80+/m0/s1. The van der Waals surface area contributed by atoms with Crippen LogP contribution in [0.15, 0.2) is 0 Å². The minimum atomic E-state index is -4.96. The Labute approximate surface area is 632 Å². The number of esters is 4. The summed E-state index contributed by atoms with van der Waals surface area (Å²) in [7, 11) is -9.92. The van der Waals surface area contributed by atoms with Crippen LogP contribution < -0.4 is 0 Å². The Hall–Kier alpha value is -1.94. The van der Waals surface area contributed by atoms with E-state index in [2.05, 4.69) is 41.5 Å². The van der Waals surface area contributed by atoms with Gasteiger partial charge >= 0.3 is 39.5 Å². The summed E-state index contributed by atoms with van der Waals surface area (Å²) in [5.74, 6) is -0.536. The summed E-state index contributed by atoms with van der Waals surface area (Å²) in [6, 6.07) is 0. The quantitative estimate of drug-likeness (QED) is 0.0222. The second-order valence-electron chi connectivity index (χ2n) is 31.2. The molecule has 3 N–H and O–H groups in total. The predicted octanol–water partition coefficient (Wildman–Crippen LogP) is 25.5. The average molecular weight is 1510 g/mol. The largest absolute Gasteiger partial charge is 0.472 e. The molecular formula is C84H164O17P2. The molecule has 0 aromatic rings. The molecule has 0 bridgehead atoms. The first-order chi connectivity index (χ1) is 49.9. The van der Waals surface area contributed by atoms with Gasteiger partial charge in [-0.2, -0.15) is 0 Å². The van der Waals surface area contributed by atoms with Gasteiger partial charge in [0.05, 0.1) is 26.4 Å². The van der Waals surface area contributed by atoms with Gasteiger partial charge in [-0.15, -0.1) is 0 Å². The Morgan fingerprint density at radius 1 is 0.262 bits per heavy atom. The molecule has 0 fully saturated rings. The van der Waals surface area contributed by atoms with Gasteiger partial charge in [0.2, 0.25) is 0 Å². The second-order valence-corrected chi connectivity index (χ2v) is 34.1. The average Bonchev–Trinajstić information content (AvgIpc) is 0.940. The van der Waals surface area contributed by atoms with E-state index in [0.717, 1.165) is 102 Å². The van der Waals surface area contributed by atoms with Crippen LogP contribution in [0, 0.1) is 11.8 Å². The summed E-state index contributed by atoms with van der Waals surface area (Å²) < 4.78 is 68.8. The van der Waals surface area contributed by atoms with E-state index in [1.54, 1.807) is 0 Å². The van der Waals surface area contributed by atoms with E-state index < -0.39 is 97.5 Å². The molecule has 19 heteroatoms. The Kier molecular flexibility index (Phi) is 74.1. The number of rotatable bonds is 83. The van der Waals surface area contributed by atoms with Crippen molar-refractivity contribution >= 4 is 39.5 Å². The van der Waals surface area contributed by atoms with Gasteiger partial charge in [-0.3, -0.25) is 37.3 Å². The Balaban J connectivity index is 5.24. The number of unbranched alkanes of at least 4 members (excludes halogenated alkanes) is 53. The molecule has 0 saturated carbocycles. The summed E-state index contributed by atoms with van der Waals surface area (Å²) in [5, 5.41) is 10.7. The lowest BCUT2D eigenvalue weighted by Gasteiger charge is -2.21. The van der Waals surface area contributed by atoms with Crippen molar-refractivity contribution in [2.45, 2.75) is 464 Å². The first kappa shape index (κ1) is 101. The minimum absolute atomic E-state index is 0.107. The van der Waals surface area contributed by atoms with Crippen molar-refractivity contribution in [2.24, 2.45) is 11.8 Å². The van der Waals surface area contributed by atoms with E-state index >= 15 is 0 Å². The number of carbonyl (C=O) groups excluding carboxylic acids is 4. The summed E-state index contributed by atoms with van der Waals surface area (Å²) in [4.78, 5) is 73.1. The zero-order valence-corrected chi connectivity index (χ0v) is 69.4. The van der Waals surface area contributed by atoms with Gasteiger partial charge < -0.3 is 33.8 Å². The van der Waals surface area contributed by atoms with Crippen LogP contribution >= 0.6 is 15.6 Å². The van der Waals surface area contributed by atoms with Crippen LogP contribution in [0.25, 0.3) is 0 Å². The number of ether oxygens (including phenoxy) is 4. The lowest BCUT2D eigenvalue weighted by molar-refractivity contribution is -0.161. The van der Waals surface area contributed by atoms with Gasteiger partial charge in [-0.1, -0.05) is 395 Å². The first-order valence-electron chi connectivity index (χ1n) is 43.5. The smallest absolute Gasteiger partial charge is 0.462 e. The number of phosphoric ester groups is 2. The molecule has 2 unspecified atom stereocenters. The molecule has 0 rings (SSSR count). The van der Waals surface area contributed by atoms with Gasteiger partial charge in [-0.05, 0) is 37.5 Å². The Bertz CT molecular complexity index is 1980. The van der Waals surface area contributed by atoms with Crippen molar-refractivity contribution < 1.29 is 80.2 Å². The number of aliphatic hydroxyl groups excluding tert-OH is 1. The molecule has 0 radical (unpaired) electrons. The van der Waals surface area contributed by atoms with Gasteiger partial charge in [0.15, 0.2) is 12.2 Å². The molecule has 0 saturated heterocycles. The third kappa shape index (κ3) is 78.0. The van der Waals surface area contributed by atoms with Crippen LogP contribution in [0.2, 0.25) is 0 Å². The maximum atomic E-state index is 13.1. The molecular weight excluding hydrogens is 1340 g/mol. The fourth-order valence-corrected chi connectivity index (χ4v) is 14.6. The van der Waals surface area contributed by atoms with Crippen molar-refractivity contribution in [3.63, 3.8) is 0 Å². The SMILES string of the molecule is CCCCCCCCCCCCCCCCCCCCCCCC(=O)O[C@H](COC(=O)CCCCCCCCCCCCCCCC(C)C)COP(=O)(O)OC[C@@H](O)COP(=O)(O)OC[C@@H](COC(=O)CCCCCCCCCCCCC)OC(=O)CCCCCCCCCCCCCCC(C)C. The summed E-state index contributed by atoms with van der Waals surface area (Å²) >= 11 is 0. The molecule has 5 atom stereocenters. The van der Waals surface area contributed by atoms with Crippen LogP contribution in [0.3, 0.4) is 0 Å². The molecule has 0 amide bonds. The van der Waals surface area contributed by atoms with Gasteiger partial charge in [0.1, 0.15) is 19.3 Å². The minimum Gasteiger partial charge on any atom is -0.462 e. The third-order valence-corrected chi connectivity index (χ3v) is 21.6. The van der Waals surface area contributed by atoms with Crippen molar-refractivity contribution in [2.75, 3.05) is 39.6 Å². The van der Waals surface area contributed by atoms with Crippen molar-refractivity contribution in [3.05, 3.63) is 0 Å². The summed E-state index contributed by atoms with van der Waals surface area (Å²) in [5.41, 5.74) is 0. The third-order valence-electron chi connectivity index (χ3n) is 19.7. The van der Waals surface area contributed by atoms with Crippen LogP contribution in [0.1, 0.15) is 446 Å². The molecule has 0 aliphatic carbocycles. The van der Waals surface area contributed by atoms with E-state index in [1.165, 1.54) is 263 Å². The number of hydrogen-bond acceptors (Lipinski definition) is 15. The molecule has 0 heterocycles. The first-order valence-corrected chi connectivity index (χ1v) is 46.5. The second kappa shape index (κ2) is 75.5. The molecule has 612 valence electrons. The molecule has 0 aliphatic heterocycles. The topological polar surface area (TPSA) is 237 Å². The number of phosphoric acid groups is 2. The Morgan fingerprint density at radius 3 is 0.660 bits per heavy atom. The highest BCUT2D eigenvalue weighted by atomic mass is 31.2. The zero-order chi connectivity index (χ0) is 75.6. The highest BCUT2D eigenvalue weighted by molar-refractivity contribution is 7.47. The molecule has 0 aromatic carbocycles. The van der Waals surface area contributed by atoms with Crippen LogP contribution in [-0.2, 0) is 65.4 Å². The van der Waals surface area contributed by atoms with E-state index in [1.807, 2.05) is 0 Å². The molecule has 0 spiro atoms. The summed E-state index contributed by atoms with van der Waals surface area (Å²) in [6.07, 6.45) is 66.6. The van der Waals surface area contributed by atoms with Crippen molar-refractivity contribution in [3.8, 4) is 0 Å². The van der Waals surface area contributed by atoms with Crippen LogP contribution in [0.4, 0.5) is 0 Å². The maximum absolute atomic E-state index is 13.1. The molecule has 0 aromatic heterocycles. The molecule has 0 aliphatic rings. The lowest BCUT2D eigenvalue weighted by Crippen LogP contribution is -2.30. The normalized spacial score (nSPS) is 13.9. The van der Waals surface area contributed by atoms with E-state index in [9.17, 15) is 43.2 Å². The fourth-order valence-electron chi connectivity index (χ4n) is 13.1. The predicted molar refractivity (Wildman–Crippen MR) is 423 cm³/mol. The van der Waals surface area contributed by atoms with E-state index in [4.69, 9.17) is 37.0 Å². The van der Waals surface area contributed by atoms with Gasteiger partial charge in [0.25, 0.3) is 0 Å². The van der Waals surface area contributed by atoms with E-state index in [-0.39, 0.29) is 25.7 Å². The fraction of sp³-hybridized carbons (Fsp3) is 0.952. The maximum Gasteiger partial charge on any atom is 0.472 e. The lowest BCUT2D eigenvalue weighted by atomic mass is 10.0. The highest BCUT2D eigenvalue weighted by Crippen LogP contribution is 2.45. The van der Waals surface area contributed by atoms with Gasteiger partial charge in [-0.25, -0.2) is 9.13 Å². The Morgan fingerprint density at radius 2 is 0.447 bits per heavy atom. The number of aliphatic hydroxyl groups is 1. The van der Waals surface area contributed by atoms with Crippen LogP contribution in [0.5, 0.6) is 0 Å².